The van der Waals surface area contributed by atoms with E-state index in [2.05, 4.69) is 52.2 Å². The zero-order valence-corrected chi connectivity index (χ0v) is 29.6. The first kappa shape index (κ1) is 32.6. The van der Waals surface area contributed by atoms with Crippen molar-refractivity contribution in [2.45, 2.75) is 141 Å². The molecule has 8 rings (SSSR count). The SMILES string of the molecule is CC(C)C(OC(=O)N1CCC1)C1CC(C)C2C(O1)C(O)C1(N)C3CCC4C(C)(C)C(OC(=O)NC5CNC5)CCC45CC35CCC21C. The Labute approximate surface area is 280 Å². The van der Waals surface area contributed by atoms with Crippen molar-refractivity contribution in [3.63, 3.8) is 0 Å². The number of aliphatic hydroxyl groups excluding tert-OH is 1. The van der Waals surface area contributed by atoms with Crippen LogP contribution in [0.15, 0.2) is 0 Å². The minimum absolute atomic E-state index is 0.101. The number of fused-ring (bicyclic) bond motifs is 4. The summed E-state index contributed by atoms with van der Waals surface area (Å²) in [6, 6.07) is 0.167. The fourth-order valence-corrected chi connectivity index (χ4v) is 13.4. The first-order chi connectivity index (χ1) is 22.2. The molecule has 0 radical (unpaired) electrons. The van der Waals surface area contributed by atoms with Crippen molar-refractivity contribution in [3.05, 3.63) is 0 Å². The summed E-state index contributed by atoms with van der Waals surface area (Å²) in [6.07, 6.45) is 6.75. The van der Waals surface area contributed by atoms with Crippen molar-refractivity contribution in [2.75, 3.05) is 26.2 Å². The number of amides is 2. The van der Waals surface area contributed by atoms with Crippen LogP contribution in [-0.4, -0.2) is 90.5 Å². The summed E-state index contributed by atoms with van der Waals surface area (Å²) in [5.74, 6) is 1.25. The molecule has 0 aromatic carbocycles. The number of ether oxygens (including phenoxy) is 3. The van der Waals surface area contributed by atoms with Crippen LogP contribution < -0.4 is 16.4 Å². The molecule has 3 heterocycles. The summed E-state index contributed by atoms with van der Waals surface area (Å²) >= 11 is 0. The van der Waals surface area contributed by atoms with Crippen LogP contribution in [0, 0.1) is 51.2 Å². The summed E-state index contributed by atoms with van der Waals surface area (Å²) < 4.78 is 19.2. The lowest BCUT2D eigenvalue weighted by atomic mass is 9.43. The summed E-state index contributed by atoms with van der Waals surface area (Å²) in [7, 11) is 0. The molecule has 0 aromatic rings. The Hall–Kier alpha value is -1.62. The quantitative estimate of drug-likeness (QED) is 0.342. The summed E-state index contributed by atoms with van der Waals surface area (Å²) in [6.45, 7) is 16.7. The third kappa shape index (κ3) is 4.29. The van der Waals surface area contributed by atoms with Crippen LogP contribution in [0.4, 0.5) is 9.59 Å². The van der Waals surface area contributed by atoms with E-state index < -0.39 is 11.6 Å². The molecule has 2 amide bonds. The average Bonchev–Trinajstić information content (AvgIpc) is 3.59. The Morgan fingerprint density at radius 1 is 1.04 bits per heavy atom. The van der Waals surface area contributed by atoms with Crippen LogP contribution in [0.5, 0.6) is 0 Å². The number of hydrogen-bond donors (Lipinski definition) is 4. The van der Waals surface area contributed by atoms with E-state index in [4.69, 9.17) is 19.9 Å². The topological polar surface area (TPSA) is 135 Å². The van der Waals surface area contributed by atoms with Crippen LogP contribution in [0.3, 0.4) is 0 Å². The van der Waals surface area contributed by atoms with Gasteiger partial charge in [-0.3, -0.25) is 0 Å². The molecule has 0 aromatic heterocycles. The molecular formula is C37H60N4O6. The monoisotopic (exact) mass is 656 g/mol. The number of aliphatic hydroxyl groups is 1. The van der Waals surface area contributed by atoms with Gasteiger partial charge in [0.05, 0.1) is 29.9 Å². The second-order valence-electron chi connectivity index (χ2n) is 18.5. The normalized spacial score (nSPS) is 49.9. The summed E-state index contributed by atoms with van der Waals surface area (Å²) in [4.78, 5) is 27.5. The van der Waals surface area contributed by atoms with Crippen LogP contribution in [0.1, 0.15) is 99.3 Å². The first-order valence-corrected chi connectivity index (χ1v) is 19.0. The largest absolute Gasteiger partial charge is 0.446 e. The van der Waals surface area contributed by atoms with E-state index in [1.165, 1.54) is 6.42 Å². The second kappa shape index (κ2) is 10.7. The molecule has 3 aliphatic heterocycles. The molecule has 10 nitrogen and oxygen atoms in total. The van der Waals surface area contributed by atoms with E-state index in [9.17, 15) is 14.7 Å². The molecule has 0 bridgehead atoms. The molecule has 5 saturated carbocycles. The van der Waals surface area contributed by atoms with Crippen LogP contribution in [-0.2, 0) is 14.2 Å². The standard InChI is InChI=1S/C37H60N4O6/c1-20(2)28(47-32(44)41-14-7-15-41)23-16-21(3)27-29(45-23)30(42)37(38)25-9-8-24-33(4,5)26(46-31(43)40-22-17-39-18-22)10-11-35(24)19-36(25,35)13-12-34(27,37)6/h20-30,39,42H,7-19,38H2,1-6H3,(H,40,43). The number of rotatable bonds is 5. The third-order valence-corrected chi connectivity index (χ3v) is 16.0. The molecule has 3 saturated heterocycles. The van der Waals surface area contributed by atoms with Crippen molar-refractivity contribution < 1.29 is 28.9 Å². The lowest BCUT2D eigenvalue weighted by Crippen LogP contribution is -2.70. The van der Waals surface area contributed by atoms with E-state index in [0.717, 1.165) is 77.5 Å². The van der Waals surface area contributed by atoms with Gasteiger partial charge in [0.25, 0.3) is 0 Å². The zero-order chi connectivity index (χ0) is 33.3. The number of nitrogens with one attached hydrogen (secondary N) is 2. The maximum Gasteiger partial charge on any atom is 0.410 e. The molecule has 10 heteroatoms. The van der Waals surface area contributed by atoms with E-state index in [0.29, 0.717) is 11.8 Å². The zero-order valence-electron chi connectivity index (χ0n) is 29.6. The van der Waals surface area contributed by atoms with Crippen LogP contribution >= 0.6 is 0 Å². The Morgan fingerprint density at radius 2 is 1.74 bits per heavy atom. The van der Waals surface area contributed by atoms with Gasteiger partial charge in [-0.2, -0.15) is 0 Å². The molecule has 2 spiro atoms. The highest BCUT2D eigenvalue weighted by Crippen LogP contribution is 2.87. The van der Waals surface area contributed by atoms with E-state index in [-0.39, 0.29) is 82.1 Å². The smallest absolute Gasteiger partial charge is 0.410 e. The number of hydrogen-bond acceptors (Lipinski definition) is 8. The first-order valence-electron chi connectivity index (χ1n) is 19.0. The van der Waals surface area contributed by atoms with Crippen molar-refractivity contribution in [3.8, 4) is 0 Å². The second-order valence-corrected chi connectivity index (χ2v) is 18.5. The van der Waals surface area contributed by atoms with Gasteiger partial charge in [0.15, 0.2) is 0 Å². The van der Waals surface area contributed by atoms with E-state index in [1.807, 2.05) is 0 Å². The van der Waals surface area contributed by atoms with Gasteiger partial charge in [0, 0.05) is 31.6 Å². The molecule has 13 atom stereocenters. The number of carbonyl (C=O) groups is 2. The third-order valence-electron chi connectivity index (χ3n) is 16.0. The highest BCUT2D eigenvalue weighted by Gasteiger charge is 2.85. The van der Waals surface area contributed by atoms with Crippen molar-refractivity contribution in [2.24, 2.45) is 57.0 Å². The molecule has 8 fully saturated rings. The Morgan fingerprint density at radius 3 is 2.38 bits per heavy atom. The minimum atomic E-state index is -0.768. The lowest BCUT2D eigenvalue weighted by molar-refractivity contribution is -0.180. The van der Waals surface area contributed by atoms with Crippen molar-refractivity contribution >= 4 is 12.2 Å². The van der Waals surface area contributed by atoms with Gasteiger partial charge in [0.2, 0.25) is 0 Å². The Balaban J connectivity index is 1.03. The summed E-state index contributed by atoms with van der Waals surface area (Å²) in [5.41, 5.74) is 7.01. The van der Waals surface area contributed by atoms with Gasteiger partial charge in [-0.1, -0.05) is 41.5 Å². The summed E-state index contributed by atoms with van der Waals surface area (Å²) in [5, 5.41) is 18.7. The van der Waals surface area contributed by atoms with Crippen molar-refractivity contribution in [1.82, 2.24) is 15.5 Å². The number of alkyl carbamates (subject to hydrolysis) is 1. The van der Waals surface area contributed by atoms with Crippen LogP contribution in [0.25, 0.3) is 0 Å². The molecule has 5 aliphatic carbocycles. The molecule has 264 valence electrons. The lowest BCUT2D eigenvalue weighted by Gasteiger charge is -2.63. The van der Waals surface area contributed by atoms with Crippen molar-refractivity contribution in [1.29, 1.82) is 0 Å². The number of likely N-dealkylation sites (tertiary alicyclic amines) is 1. The van der Waals surface area contributed by atoms with E-state index >= 15 is 0 Å². The number of carbonyl (C=O) groups excluding carboxylic acids is 2. The molecule has 13 unspecified atom stereocenters. The fourth-order valence-electron chi connectivity index (χ4n) is 13.4. The molecule has 8 aliphatic rings. The predicted octanol–water partition coefficient (Wildman–Crippen LogP) is 4.42. The Kier molecular flexibility index (Phi) is 7.41. The minimum Gasteiger partial charge on any atom is -0.446 e. The number of nitrogens with zero attached hydrogens (tertiary/aromatic N) is 1. The average molecular weight is 657 g/mol. The van der Waals surface area contributed by atoms with E-state index in [1.54, 1.807) is 4.90 Å². The van der Waals surface area contributed by atoms with Gasteiger partial charge >= 0.3 is 12.2 Å². The molecular weight excluding hydrogens is 596 g/mol. The van der Waals surface area contributed by atoms with Gasteiger partial charge in [-0.15, -0.1) is 0 Å². The predicted molar refractivity (Wildman–Crippen MR) is 176 cm³/mol. The highest BCUT2D eigenvalue weighted by atomic mass is 16.6. The van der Waals surface area contributed by atoms with Gasteiger partial charge < -0.3 is 40.6 Å². The molecule has 5 N–H and O–H groups in total. The van der Waals surface area contributed by atoms with Gasteiger partial charge in [-0.05, 0) is 104 Å². The maximum absolute atomic E-state index is 12.9. The highest BCUT2D eigenvalue weighted by molar-refractivity contribution is 5.69. The van der Waals surface area contributed by atoms with Crippen LogP contribution in [0.2, 0.25) is 0 Å². The fraction of sp³-hybridized carbons (Fsp3) is 0.946. The molecule has 47 heavy (non-hydrogen) atoms. The Bertz CT molecular complexity index is 1290. The number of nitrogens with two attached hydrogens (primary N) is 1. The van der Waals surface area contributed by atoms with Gasteiger partial charge in [-0.25, -0.2) is 9.59 Å². The van der Waals surface area contributed by atoms with Gasteiger partial charge in [0.1, 0.15) is 12.2 Å². The maximum atomic E-state index is 12.9.